The quantitative estimate of drug-likeness (QED) is 0.185. The van der Waals surface area contributed by atoms with Gasteiger partial charge in [-0.1, -0.05) is 47.5 Å². The second kappa shape index (κ2) is 9.37. The number of benzene rings is 3. The first-order valence-corrected chi connectivity index (χ1v) is 12.1. The number of carbonyl (C=O) groups excluding carboxylic acids is 2. The number of anilines is 1. The van der Waals surface area contributed by atoms with Crippen LogP contribution in [0.25, 0.3) is 16.7 Å². The lowest BCUT2D eigenvalue weighted by molar-refractivity contribution is -0.132. The van der Waals surface area contributed by atoms with E-state index < -0.39 is 17.7 Å². The Hall–Kier alpha value is -3.74. The van der Waals surface area contributed by atoms with Gasteiger partial charge in [0.25, 0.3) is 11.7 Å². The minimum atomic E-state index is -0.888. The van der Waals surface area contributed by atoms with Crippen LogP contribution in [0.4, 0.5) is 5.69 Å². The molecule has 1 N–H and O–H groups in total. The number of aryl methyl sites for hydroxylation is 1. The molecule has 1 aliphatic heterocycles. The maximum absolute atomic E-state index is 13.5. The van der Waals surface area contributed by atoms with Crippen LogP contribution in [-0.2, 0) is 16.6 Å². The van der Waals surface area contributed by atoms with Crippen LogP contribution in [0.1, 0.15) is 24.1 Å². The molecule has 1 saturated heterocycles. The summed E-state index contributed by atoms with van der Waals surface area (Å²) in [5.41, 5.74) is 2.37. The van der Waals surface area contributed by atoms with E-state index in [1.165, 1.54) is 4.90 Å². The van der Waals surface area contributed by atoms with Crippen LogP contribution >= 0.6 is 23.2 Å². The van der Waals surface area contributed by atoms with Crippen LogP contribution in [0.3, 0.4) is 0 Å². The molecule has 0 radical (unpaired) electrons. The molecule has 0 saturated carbocycles. The summed E-state index contributed by atoms with van der Waals surface area (Å²) in [5.74, 6) is -1.49. The molecule has 1 unspecified atom stereocenters. The summed E-state index contributed by atoms with van der Waals surface area (Å²) in [6.07, 6.45) is 1.87. The summed E-state index contributed by atoms with van der Waals surface area (Å²) >= 11 is 12.5. The van der Waals surface area contributed by atoms with Gasteiger partial charge in [0.2, 0.25) is 0 Å². The molecule has 4 aromatic rings. The van der Waals surface area contributed by atoms with Crippen LogP contribution in [0.15, 0.2) is 78.5 Å². The molecule has 0 aliphatic carbocycles. The number of Topliss-reactive ketones (excluding diaryl/α,β-unsaturated/α-hetero) is 1. The Labute approximate surface area is 217 Å². The monoisotopic (exact) mass is 520 g/mol. The Morgan fingerprint density at radius 2 is 1.81 bits per heavy atom. The number of rotatable bonds is 5. The van der Waals surface area contributed by atoms with Crippen LogP contribution < -0.4 is 9.64 Å². The number of amides is 1. The van der Waals surface area contributed by atoms with E-state index in [0.29, 0.717) is 39.2 Å². The third-order valence-corrected chi connectivity index (χ3v) is 6.80. The van der Waals surface area contributed by atoms with E-state index in [1.807, 2.05) is 49.0 Å². The number of aliphatic hydroxyl groups excluding tert-OH is 1. The first-order chi connectivity index (χ1) is 17.3. The largest absolute Gasteiger partial charge is 0.507 e. The van der Waals surface area contributed by atoms with E-state index in [-0.39, 0.29) is 11.3 Å². The highest BCUT2D eigenvalue weighted by molar-refractivity contribution is 6.52. The third-order valence-electron chi connectivity index (χ3n) is 6.26. The number of halogens is 2. The fourth-order valence-corrected chi connectivity index (χ4v) is 5.04. The average molecular weight is 521 g/mol. The highest BCUT2D eigenvalue weighted by Crippen LogP contribution is 2.45. The molecule has 1 amide bonds. The van der Waals surface area contributed by atoms with Gasteiger partial charge in [-0.25, -0.2) is 0 Å². The predicted octanol–water partition coefficient (Wildman–Crippen LogP) is 6.51. The van der Waals surface area contributed by atoms with Crippen LogP contribution in [0, 0.1) is 0 Å². The van der Waals surface area contributed by atoms with Crippen molar-refractivity contribution >= 4 is 57.2 Å². The Bertz CT molecular complexity index is 1560. The van der Waals surface area contributed by atoms with Crippen molar-refractivity contribution in [3.8, 4) is 5.75 Å². The van der Waals surface area contributed by atoms with E-state index in [9.17, 15) is 14.7 Å². The smallest absolute Gasteiger partial charge is 0.300 e. The molecule has 182 valence electrons. The first kappa shape index (κ1) is 24.0. The third kappa shape index (κ3) is 3.92. The van der Waals surface area contributed by atoms with Gasteiger partial charge in [-0.05, 0) is 49.4 Å². The first-order valence-electron chi connectivity index (χ1n) is 11.3. The molecular formula is C28H22Cl2N2O4. The second-order valence-electron chi connectivity index (χ2n) is 8.44. The lowest BCUT2D eigenvalue weighted by Crippen LogP contribution is -2.29. The predicted molar refractivity (Wildman–Crippen MR) is 142 cm³/mol. The van der Waals surface area contributed by atoms with Crippen LogP contribution in [0.2, 0.25) is 10.0 Å². The molecule has 6 nitrogen and oxygen atoms in total. The summed E-state index contributed by atoms with van der Waals surface area (Å²) in [7, 11) is 1.89. The molecule has 3 aromatic carbocycles. The number of nitrogens with zero attached hydrogens (tertiary/aromatic N) is 2. The summed E-state index contributed by atoms with van der Waals surface area (Å²) in [6.45, 7) is 2.19. The summed E-state index contributed by atoms with van der Waals surface area (Å²) in [6, 6.07) is 18.3. The van der Waals surface area contributed by atoms with Crippen molar-refractivity contribution in [3.05, 3.63) is 99.7 Å². The lowest BCUT2D eigenvalue weighted by Gasteiger charge is -2.25. The number of ether oxygens (including phenoxy) is 1. The molecule has 1 fully saturated rings. The van der Waals surface area contributed by atoms with Gasteiger partial charge < -0.3 is 14.4 Å². The SMILES string of the molecule is CCOc1cc(/C(O)=C2\C(=O)C(=O)N(c3cccc(Cl)c3)C2c2cn(C)c3ccccc23)ccc1Cl. The van der Waals surface area contributed by atoms with Crippen molar-refractivity contribution in [1.82, 2.24) is 4.57 Å². The van der Waals surface area contributed by atoms with Crippen molar-refractivity contribution in [3.63, 3.8) is 0 Å². The van der Waals surface area contributed by atoms with Crippen LogP contribution in [0.5, 0.6) is 5.75 Å². The van der Waals surface area contributed by atoms with Crippen molar-refractivity contribution in [2.45, 2.75) is 13.0 Å². The topological polar surface area (TPSA) is 71.8 Å². The number of aromatic nitrogens is 1. The van der Waals surface area contributed by atoms with Gasteiger partial charge in [0.1, 0.15) is 11.5 Å². The highest BCUT2D eigenvalue weighted by Gasteiger charge is 2.48. The molecule has 8 heteroatoms. The second-order valence-corrected chi connectivity index (χ2v) is 9.28. The van der Waals surface area contributed by atoms with Gasteiger partial charge in [0.05, 0.1) is 23.2 Å². The zero-order valence-electron chi connectivity index (χ0n) is 19.5. The van der Waals surface area contributed by atoms with E-state index in [1.54, 1.807) is 42.5 Å². The summed E-state index contributed by atoms with van der Waals surface area (Å²) in [5, 5.41) is 13.1. The van der Waals surface area contributed by atoms with Crippen molar-refractivity contribution in [2.75, 3.05) is 11.5 Å². The number of aliphatic hydroxyl groups is 1. The Morgan fingerprint density at radius 1 is 1.03 bits per heavy atom. The average Bonchev–Trinajstić information content (AvgIpc) is 3.33. The summed E-state index contributed by atoms with van der Waals surface area (Å²) in [4.78, 5) is 28.3. The number of hydrogen-bond donors (Lipinski definition) is 1. The van der Waals surface area contributed by atoms with Gasteiger partial charge >= 0.3 is 0 Å². The highest BCUT2D eigenvalue weighted by atomic mass is 35.5. The van der Waals surface area contributed by atoms with E-state index in [2.05, 4.69) is 0 Å². The molecule has 0 bridgehead atoms. The van der Waals surface area contributed by atoms with Crippen molar-refractivity contribution in [1.29, 1.82) is 0 Å². The van der Waals surface area contributed by atoms with E-state index in [4.69, 9.17) is 27.9 Å². The fourth-order valence-electron chi connectivity index (χ4n) is 4.68. The molecular weight excluding hydrogens is 499 g/mol. The van der Waals surface area contributed by atoms with Crippen molar-refractivity contribution in [2.24, 2.45) is 7.05 Å². The Balaban J connectivity index is 1.79. The maximum atomic E-state index is 13.5. The number of hydrogen-bond acceptors (Lipinski definition) is 4. The molecule has 36 heavy (non-hydrogen) atoms. The van der Waals surface area contributed by atoms with Gasteiger partial charge in [-0.3, -0.25) is 14.5 Å². The number of para-hydroxylation sites is 1. The van der Waals surface area contributed by atoms with Gasteiger partial charge in [-0.15, -0.1) is 0 Å². The Morgan fingerprint density at radius 3 is 2.56 bits per heavy atom. The van der Waals surface area contributed by atoms with Gasteiger partial charge in [0, 0.05) is 46.0 Å². The van der Waals surface area contributed by atoms with E-state index >= 15 is 0 Å². The van der Waals surface area contributed by atoms with E-state index in [0.717, 1.165) is 10.9 Å². The fraction of sp³-hybridized carbons (Fsp3) is 0.143. The minimum Gasteiger partial charge on any atom is -0.507 e. The minimum absolute atomic E-state index is 0.0268. The molecule has 0 spiro atoms. The number of carbonyl (C=O) groups is 2. The zero-order valence-corrected chi connectivity index (χ0v) is 21.0. The molecule has 5 rings (SSSR count). The van der Waals surface area contributed by atoms with Crippen LogP contribution in [-0.4, -0.2) is 28.0 Å². The van der Waals surface area contributed by atoms with Crippen molar-refractivity contribution < 1.29 is 19.4 Å². The molecule has 1 atom stereocenters. The maximum Gasteiger partial charge on any atom is 0.300 e. The standard InChI is InChI=1S/C28H22Cl2N2O4/c1-3-36-23-13-16(11-12-21(23)30)26(33)24-25(20-15-31(2)22-10-5-4-9-19(20)22)32(28(35)27(24)34)18-8-6-7-17(29)14-18/h4-15,25,33H,3H2,1-2H3/b26-24+. The number of fused-ring (bicyclic) bond motifs is 1. The number of ketones is 1. The van der Waals surface area contributed by atoms with Gasteiger partial charge in [-0.2, -0.15) is 0 Å². The van der Waals surface area contributed by atoms with Gasteiger partial charge in [0.15, 0.2) is 0 Å². The summed E-state index contributed by atoms with van der Waals surface area (Å²) < 4.78 is 7.50. The molecule has 1 aromatic heterocycles. The zero-order chi connectivity index (χ0) is 25.6. The lowest BCUT2D eigenvalue weighted by atomic mass is 9.94. The molecule has 1 aliphatic rings. The normalized spacial score (nSPS) is 17.2. The molecule has 2 heterocycles. The Kier molecular flexibility index (Phi) is 6.24.